The van der Waals surface area contributed by atoms with E-state index in [9.17, 15) is 0 Å². The van der Waals surface area contributed by atoms with Gasteiger partial charge in [0, 0.05) is 5.75 Å². The number of nitrogens with one attached hydrogen (secondary N) is 1. The van der Waals surface area contributed by atoms with Crippen molar-refractivity contribution in [1.29, 1.82) is 0 Å². The van der Waals surface area contributed by atoms with E-state index in [0.29, 0.717) is 0 Å². The molecule has 3 aromatic rings. The molecule has 0 spiro atoms. The Morgan fingerprint density at radius 2 is 2.17 bits per heavy atom. The van der Waals surface area contributed by atoms with E-state index in [-0.39, 0.29) is 0 Å². The lowest BCUT2D eigenvalue weighted by atomic mass is 10.2. The highest BCUT2D eigenvalue weighted by Gasteiger charge is 2.11. The Morgan fingerprint density at radius 3 is 3.00 bits per heavy atom. The third-order valence-electron chi connectivity index (χ3n) is 2.93. The van der Waals surface area contributed by atoms with Crippen molar-refractivity contribution in [2.75, 3.05) is 5.75 Å². The minimum Gasteiger partial charge on any atom is -0.254 e. The SMILES string of the molecule is CC(C)CCSc1n[nH]c2nc3ccccc3n12. The molecule has 1 N–H and O–H groups in total. The fourth-order valence-corrected chi connectivity index (χ4v) is 3.12. The number of fused-ring (bicyclic) bond motifs is 3. The van der Waals surface area contributed by atoms with Gasteiger partial charge in [0.05, 0.1) is 11.0 Å². The van der Waals surface area contributed by atoms with Gasteiger partial charge in [-0.2, -0.15) is 0 Å². The van der Waals surface area contributed by atoms with Gasteiger partial charge in [-0.25, -0.2) is 10.1 Å². The summed E-state index contributed by atoms with van der Waals surface area (Å²) in [6.07, 6.45) is 1.20. The minimum atomic E-state index is 0.728. The van der Waals surface area contributed by atoms with Crippen LogP contribution >= 0.6 is 11.8 Å². The largest absolute Gasteiger partial charge is 0.254 e. The number of aromatic amines is 1. The Balaban J connectivity index is 1.96. The monoisotopic (exact) mass is 260 g/mol. The fourth-order valence-electron chi connectivity index (χ4n) is 1.93. The van der Waals surface area contributed by atoms with Crippen molar-refractivity contribution < 1.29 is 0 Å². The van der Waals surface area contributed by atoms with Crippen LogP contribution in [0.1, 0.15) is 20.3 Å². The first-order valence-electron chi connectivity index (χ1n) is 6.20. The van der Waals surface area contributed by atoms with Crippen LogP contribution in [0.4, 0.5) is 0 Å². The van der Waals surface area contributed by atoms with E-state index < -0.39 is 0 Å². The number of aromatic nitrogens is 4. The molecule has 0 radical (unpaired) electrons. The number of nitrogens with zero attached hydrogens (tertiary/aromatic N) is 3. The van der Waals surface area contributed by atoms with Crippen molar-refractivity contribution in [3.63, 3.8) is 0 Å². The Bertz CT molecular complexity index is 668. The van der Waals surface area contributed by atoms with Crippen LogP contribution in [0.25, 0.3) is 16.8 Å². The molecule has 0 atom stereocenters. The van der Waals surface area contributed by atoms with Gasteiger partial charge in [0.1, 0.15) is 0 Å². The number of benzene rings is 1. The maximum Gasteiger partial charge on any atom is 0.231 e. The van der Waals surface area contributed by atoms with E-state index in [1.54, 1.807) is 11.8 Å². The number of rotatable bonds is 4. The minimum absolute atomic E-state index is 0.728. The van der Waals surface area contributed by atoms with Crippen molar-refractivity contribution >= 4 is 28.6 Å². The van der Waals surface area contributed by atoms with E-state index in [2.05, 4.69) is 39.5 Å². The van der Waals surface area contributed by atoms with E-state index in [0.717, 1.165) is 33.6 Å². The predicted octanol–water partition coefficient (Wildman–Crippen LogP) is 3.35. The number of thioether (sulfide) groups is 1. The summed E-state index contributed by atoms with van der Waals surface area (Å²) in [5, 5.41) is 8.34. The second-order valence-electron chi connectivity index (χ2n) is 4.80. The molecule has 2 heterocycles. The molecular weight excluding hydrogens is 244 g/mol. The first kappa shape index (κ1) is 11.6. The third kappa shape index (κ3) is 1.99. The quantitative estimate of drug-likeness (QED) is 0.732. The molecule has 18 heavy (non-hydrogen) atoms. The lowest BCUT2D eigenvalue weighted by Crippen LogP contribution is -1.92. The van der Waals surface area contributed by atoms with Gasteiger partial charge in [-0.15, -0.1) is 5.10 Å². The molecule has 3 rings (SSSR count). The standard InChI is InChI=1S/C13H16N4S/c1-9(2)7-8-18-13-16-15-12-14-10-5-3-4-6-11(10)17(12)13/h3-6,9H,7-8H2,1-2H3,(H,14,15). The summed E-state index contributed by atoms with van der Waals surface area (Å²) >= 11 is 1.78. The Hall–Kier alpha value is -1.49. The molecule has 0 aliphatic rings. The van der Waals surface area contributed by atoms with Crippen LogP contribution < -0.4 is 0 Å². The molecule has 0 bridgehead atoms. The van der Waals surface area contributed by atoms with Crippen LogP contribution in [0.5, 0.6) is 0 Å². The summed E-state index contributed by atoms with van der Waals surface area (Å²) in [4.78, 5) is 4.51. The van der Waals surface area contributed by atoms with Crippen molar-refractivity contribution in [1.82, 2.24) is 19.6 Å². The summed E-state index contributed by atoms with van der Waals surface area (Å²) < 4.78 is 2.10. The first-order valence-corrected chi connectivity index (χ1v) is 7.18. The highest BCUT2D eigenvalue weighted by molar-refractivity contribution is 7.99. The Labute approximate surface area is 110 Å². The molecule has 0 amide bonds. The van der Waals surface area contributed by atoms with Crippen LogP contribution in [0.15, 0.2) is 29.4 Å². The highest BCUT2D eigenvalue weighted by atomic mass is 32.2. The number of imidazole rings is 1. The summed E-state index contributed by atoms with van der Waals surface area (Å²) in [7, 11) is 0. The van der Waals surface area contributed by atoms with Gasteiger partial charge >= 0.3 is 0 Å². The Kier molecular flexibility index (Phi) is 2.99. The molecule has 0 aliphatic carbocycles. The molecule has 0 fully saturated rings. The highest BCUT2D eigenvalue weighted by Crippen LogP contribution is 2.23. The predicted molar refractivity (Wildman–Crippen MR) is 75.0 cm³/mol. The number of hydrogen-bond acceptors (Lipinski definition) is 3. The van der Waals surface area contributed by atoms with Crippen molar-refractivity contribution in [3.8, 4) is 0 Å². The van der Waals surface area contributed by atoms with Crippen molar-refractivity contribution in [2.45, 2.75) is 25.4 Å². The molecule has 0 aliphatic heterocycles. The second kappa shape index (κ2) is 4.65. The fraction of sp³-hybridized carbons (Fsp3) is 0.385. The smallest absolute Gasteiger partial charge is 0.231 e. The molecule has 0 saturated heterocycles. The maximum atomic E-state index is 4.51. The molecule has 4 nitrogen and oxygen atoms in total. The zero-order valence-electron chi connectivity index (χ0n) is 10.6. The zero-order chi connectivity index (χ0) is 12.5. The van der Waals surface area contributed by atoms with E-state index in [1.807, 2.05) is 18.2 Å². The van der Waals surface area contributed by atoms with Gasteiger partial charge in [0.25, 0.3) is 0 Å². The summed E-state index contributed by atoms with van der Waals surface area (Å²) in [5.41, 5.74) is 2.13. The molecular formula is C13H16N4S. The molecule has 2 aromatic heterocycles. The van der Waals surface area contributed by atoms with E-state index in [4.69, 9.17) is 0 Å². The van der Waals surface area contributed by atoms with E-state index in [1.165, 1.54) is 6.42 Å². The second-order valence-corrected chi connectivity index (χ2v) is 5.86. The lowest BCUT2D eigenvalue weighted by Gasteiger charge is -2.02. The van der Waals surface area contributed by atoms with Gasteiger partial charge in [-0.05, 0) is 24.5 Å². The van der Waals surface area contributed by atoms with Crippen LogP contribution in [0.3, 0.4) is 0 Å². The normalized spacial score (nSPS) is 11.9. The van der Waals surface area contributed by atoms with Gasteiger partial charge < -0.3 is 0 Å². The zero-order valence-corrected chi connectivity index (χ0v) is 11.4. The number of para-hydroxylation sites is 2. The summed E-state index contributed by atoms with van der Waals surface area (Å²) in [6.45, 7) is 4.49. The average Bonchev–Trinajstić information content (AvgIpc) is 2.88. The number of hydrogen-bond donors (Lipinski definition) is 1. The van der Waals surface area contributed by atoms with Gasteiger partial charge in [0.15, 0.2) is 5.16 Å². The van der Waals surface area contributed by atoms with Crippen LogP contribution in [0, 0.1) is 5.92 Å². The molecule has 1 aromatic carbocycles. The maximum absolute atomic E-state index is 4.51. The molecule has 5 heteroatoms. The molecule has 0 unspecified atom stereocenters. The van der Waals surface area contributed by atoms with Gasteiger partial charge in [0.2, 0.25) is 5.78 Å². The van der Waals surface area contributed by atoms with Crippen molar-refractivity contribution in [2.24, 2.45) is 5.92 Å². The van der Waals surface area contributed by atoms with Crippen molar-refractivity contribution in [3.05, 3.63) is 24.3 Å². The molecule has 0 saturated carbocycles. The Morgan fingerprint density at radius 1 is 1.33 bits per heavy atom. The van der Waals surface area contributed by atoms with Crippen LogP contribution in [-0.4, -0.2) is 25.3 Å². The van der Waals surface area contributed by atoms with E-state index >= 15 is 0 Å². The summed E-state index contributed by atoms with van der Waals surface area (Å²) in [6, 6.07) is 8.15. The summed E-state index contributed by atoms with van der Waals surface area (Å²) in [5.74, 6) is 2.64. The first-order chi connectivity index (χ1) is 8.75. The third-order valence-corrected chi connectivity index (χ3v) is 3.90. The van der Waals surface area contributed by atoms with Gasteiger partial charge in [-0.3, -0.25) is 4.40 Å². The lowest BCUT2D eigenvalue weighted by molar-refractivity contribution is 0.631. The molecule has 94 valence electrons. The van der Waals surface area contributed by atoms with Gasteiger partial charge in [-0.1, -0.05) is 37.7 Å². The van der Waals surface area contributed by atoms with Crippen LogP contribution in [0.2, 0.25) is 0 Å². The topological polar surface area (TPSA) is 46.0 Å². The van der Waals surface area contributed by atoms with Crippen LogP contribution in [-0.2, 0) is 0 Å². The average molecular weight is 260 g/mol. The number of H-pyrrole nitrogens is 1.